The van der Waals surface area contributed by atoms with Crippen molar-refractivity contribution in [3.63, 3.8) is 0 Å². The van der Waals surface area contributed by atoms with Crippen molar-refractivity contribution in [2.45, 2.75) is 19.6 Å². The van der Waals surface area contributed by atoms with Gasteiger partial charge in [-0.05, 0) is 6.07 Å². The molecule has 0 aromatic carbocycles. The molecule has 1 heterocycles. The number of anilines is 1. The topological polar surface area (TPSA) is 59.1 Å². The Bertz CT molecular complexity index is 384. The number of nitrogen functional groups attached to an aromatic ring is 1. The number of nitrogens with zero attached hydrogens (tertiary/aromatic N) is 1. The first kappa shape index (κ1) is 18.0. The molecule has 0 fully saturated rings. The average molecular weight is 310 g/mol. The van der Waals surface area contributed by atoms with Gasteiger partial charge in [-0.25, -0.2) is 4.98 Å². The molecule has 85 valence electrons. The summed E-state index contributed by atoms with van der Waals surface area (Å²) in [6, 6.07) is 1.49. The van der Waals surface area contributed by atoms with Crippen LogP contribution in [0.2, 0.25) is 19.6 Å². The standard InChI is InChI=1S/C10H14N2OSi.CH3.Y/c1-14(2,3)7-5-8-9(13)4-6-12-10(8)11;;/h4,6H,1-3H3,(H3,11,12,13);1H3;/q;-1;. The van der Waals surface area contributed by atoms with Crippen LogP contribution in [-0.2, 0) is 32.7 Å². The number of nitrogens with two attached hydrogens (primary N) is 1. The smallest absolute Gasteiger partial charge is 0.142 e. The zero-order valence-electron chi connectivity index (χ0n) is 10.2. The van der Waals surface area contributed by atoms with Gasteiger partial charge < -0.3 is 18.3 Å². The Morgan fingerprint density at radius 3 is 2.38 bits per heavy atom. The van der Waals surface area contributed by atoms with Crippen LogP contribution in [0.1, 0.15) is 5.56 Å². The van der Waals surface area contributed by atoms with E-state index in [2.05, 4.69) is 36.1 Å². The van der Waals surface area contributed by atoms with Crippen LogP contribution in [0.3, 0.4) is 0 Å². The summed E-state index contributed by atoms with van der Waals surface area (Å²) in [6.45, 7) is 6.39. The molecule has 0 aliphatic heterocycles. The zero-order chi connectivity index (χ0) is 10.8. The summed E-state index contributed by atoms with van der Waals surface area (Å²) in [5.74, 6) is 3.28. The van der Waals surface area contributed by atoms with Gasteiger partial charge >= 0.3 is 0 Å². The molecule has 5 heteroatoms. The molecule has 0 aliphatic carbocycles. The SMILES string of the molecule is C[Si](C)(C)C#Cc1c(O)ccnc1N.[CH3-].[Y]. The molecule has 0 aliphatic rings. The van der Waals surface area contributed by atoms with E-state index in [1.165, 1.54) is 12.3 Å². The van der Waals surface area contributed by atoms with Crippen LogP contribution in [0.5, 0.6) is 5.75 Å². The van der Waals surface area contributed by atoms with Crippen molar-refractivity contribution in [3.8, 4) is 17.2 Å². The molecular formula is C11H17N2OSiY-. The van der Waals surface area contributed by atoms with Crippen LogP contribution in [0.15, 0.2) is 12.3 Å². The van der Waals surface area contributed by atoms with E-state index >= 15 is 0 Å². The van der Waals surface area contributed by atoms with Gasteiger partial charge in [0, 0.05) is 38.9 Å². The van der Waals surface area contributed by atoms with Gasteiger partial charge in [-0.1, -0.05) is 25.6 Å². The molecule has 3 N–H and O–H groups in total. The predicted octanol–water partition coefficient (Wildman–Crippen LogP) is 2.05. The van der Waals surface area contributed by atoms with Crippen LogP contribution < -0.4 is 5.73 Å². The first-order valence-electron chi connectivity index (χ1n) is 4.37. The van der Waals surface area contributed by atoms with E-state index in [1.54, 1.807) is 0 Å². The quantitative estimate of drug-likeness (QED) is 0.438. The summed E-state index contributed by atoms with van der Waals surface area (Å²) in [5, 5.41) is 9.48. The monoisotopic (exact) mass is 310 g/mol. The van der Waals surface area contributed by atoms with Gasteiger partial charge in [0.1, 0.15) is 25.2 Å². The third kappa shape index (κ3) is 5.64. The Labute approximate surface area is 124 Å². The predicted molar refractivity (Wildman–Crippen MR) is 67.0 cm³/mol. The fourth-order valence-electron chi connectivity index (χ4n) is 0.845. The third-order valence-electron chi connectivity index (χ3n) is 1.52. The molecular weight excluding hydrogens is 293 g/mol. The van der Waals surface area contributed by atoms with Gasteiger partial charge in [0.05, 0.1) is 0 Å². The maximum absolute atomic E-state index is 9.48. The molecule has 0 atom stereocenters. The van der Waals surface area contributed by atoms with E-state index in [4.69, 9.17) is 5.73 Å². The van der Waals surface area contributed by atoms with Crippen molar-refractivity contribution in [2.75, 3.05) is 5.73 Å². The first-order chi connectivity index (χ1) is 6.40. The van der Waals surface area contributed by atoms with Crippen LogP contribution in [-0.4, -0.2) is 18.2 Å². The maximum atomic E-state index is 9.48. The van der Waals surface area contributed by atoms with Crippen molar-refractivity contribution < 1.29 is 37.8 Å². The van der Waals surface area contributed by atoms with Crippen LogP contribution in [0.25, 0.3) is 0 Å². The summed E-state index contributed by atoms with van der Waals surface area (Å²) in [6.07, 6.45) is 1.46. The summed E-state index contributed by atoms with van der Waals surface area (Å²) < 4.78 is 0. The van der Waals surface area contributed by atoms with E-state index in [0.29, 0.717) is 5.56 Å². The van der Waals surface area contributed by atoms with E-state index in [1.807, 2.05) is 0 Å². The largest absolute Gasteiger partial charge is 0.506 e. The molecule has 0 bridgehead atoms. The molecule has 1 radical (unpaired) electrons. The fourth-order valence-corrected chi connectivity index (χ4v) is 1.35. The summed E-state index contributed by atoms with van der Waals surface area (Å²) in [5.41, 5.74) is 9.16. The molecule has 16 heavy (non-hydrogen) atoms. The molecule has 0 saturated carbocycles. The van der Waals surface area contributed by atoms with E-state index < -0.39 is 8.07 Å². The minimum atomic E-state index is -1.44. The van der Waals surface area contributed by atoms with Crippen LogP contribution in [0, 0.1) is 18.9 Å². The number of pyridine rings is 1. The van der Waals surface area contributed by atoms with Crippen molar-refractivity contribution in [3.05, 3.63) is 25.3 Å². The number of rotatable bonds is 0. The molecule has 3 nitrogen and oxygen atoms in total. The zero-order valence-corrected chi connectivity index (χ0v) is 14.0. The second-order valence-corrected chi connectivity index (χ2v) is 8.84. The van der Waals surface area contributed by atoms with Crippen LogP contribution >= 0.6 is 0 Å². The first-order valence-corrected chi connectivity index (χ1v) is 7.87. The Hall–Kier alpha value is -0.369. The molecule has 0 unspecified atom stereocenters. The second-order valence-electron chi connectivity index (χ2n) is 4.09. The van der Waals surface area contributed by atoms with Gasteiger partial charge in [-0.15, -0.1) is 5.54 Å². The summed E-state index contributed by atoms with van der Waals surface area (Å²) in [4.78, 5) is 3.87. The number of hydrogen-bond donors (Lipinski definition) is 2. The van der Waals surface area contributed by atoms with E-state index in [-0.39, 0.29) is 51.7 Å². The minimum absolute atomic E-state index is 0. The Morgan fingerprint density at radius 2 is 1.94 bits per heavy atom. The van der Waals surface area contributed by atoms with E-state index in [0.717, 1.165) is 0 Å². The average Bonchev–Trinajstić information content (AvgIpc) is 2.01. The van der Waals surface area contributed by atoms with Gasteiger partial charge in [0.2, 0.25) is 0 Å². The molecule has 1 aromatic rings. The Balaban J connectivity index is 0. The van der Waals surface area contributed by atoms with Gasteiger partial charge in [-0.3, -0.25) is 0 Å². The third-order valence-corrected chi connectivity index (χ3v) is 2.40. The van der Waals surface area contributed by atoms with E-state index in [9.17, 15) is 5.11 Å². The van der Waals surface area contributed by atoms with Crippen LogP contribution in [0.4, 0.5) is 5.82 Å². The molecule has 1 rings (SSSR count). The number of aromatic hydroxyl groups is 1. The summed E-state index contributed by atoms with van der Waals surface area (Å²) >= 11 is 0. The molecule has 0 saturated heterocycles. The normalized spacial score (nSPS) is 9.19. The van der Waals surface area contributed by atoms with Gasteiger partial charge in [-0.2, -0.15) is 0 Å². The van der Waals surface area contributed by atoms with Crippen molar-refractivity contribution in [1.82, 2.24) is 4.98 Å². The number of aromatic nitrogens is 1. The summed E-state index contributed by atoms with van der Waals surface area (Å²) in [7, 11) is -1.44. The second kappa shape index (κ2) is 7.05. The van der Waals surface area contributed by atoms with Crippen molar-refractivity contribution in [2.24, 2.45) is 0 Å². The minimum Gasteiger partial charge on any atom is -0.506 e. The van der Waals surface area contributed by atoms with Crippen molar-refractivity contribution >= 4 is 13.9 Å². The molecule has 0 spiro atoms. The van der Waals surface area contributed by atoms with Gasteiger partial charge in [0.15, 0.2) is 0 Å². The number of hydrogen-bond acceptors (Lipinski definition) is 3. The Kier molecular flexibility index (Phi) is 7.94. The van der Waals surface area contributed by atoms with Gasteiger partial charge in [0.25, 0.3) is 0 Å². The van der Waals surface area contributed by atoms with Crippen molar-refractivity contribution in [1.29, 1.82) is 0 Å². The Morgan fingerprint density at radius 1 is 1.38 bits per heavy atom. The molecule has 0 amide bonds. The fraction of sp³-hybridized carbons (Fsp3) is 0.273. The maximum Gasteiger partial charge on any atom is 0.142 e. The molecule has 1 aromatic heterocycles.